The van der Waals surface area contributed by atoms with Gasteiger partial charge in [-0.25, -0.2) is 0 Å². The van der Waals surface area contributed by atoms with Crippen LogP contribution in [0, 0.1) is 0 Å². The molecule has 0 fully saturated rings. The molecule has 70 valence electrons. The normalized spacial score (nSPS) is 8.58. The molecule has 0 bridgehead atoms. The molecule has 0 amide bonds. The maximum atomic E-state index is 5.21. The maximum absolute atomic E-state index is 5.21. The molecule has 0 aliphatic rings. The van der Waals surface area contributed by atoms with Gasteiger partial charge in [0.25, 0.3) is 0 Å². The summed E-state index contributed by atoms with van der Waals surface area (Å²) in [4.78, 5) is 0. The molecule has 1 aromatic carbocycles. The minimum atomic E-state index is -0.346. The summed E-state index contributed by atoms with van der Waals surface area (Å²) in [6, 6.07) is 9.80. The topological polar surface area (TPSA) is 9.23 Å². The zero-order valence-electron chi connectivity index (χ0n) is 6.61. The van der Waals surface area contributed by atoms with Crippen molar-refractivity contribution in [3.63, 3.8) is 0 Å². The molecule has 0 radical (unpaired) electrons. The molecule has 1 aromatic rings. The summed E-state index contributed by atoms with van der Waals surface area (Å²) in [7, 11) is 9.71. The Morgan fingerprint density at radius 1 is 1.25 bits per heavy atom. The van der Waals surface area contributed by atoms with Crippen LogP contribution in [0.25, 0.3) is 0 Å². The summed E-state index contributed by atoms with van der Waals surface area (Å²) in [5.41, 5.74) is 0. The van der Waals surface area contributed by atoms with E-state index in [-0.39, 0.29) is 15.1 Å². The molecule has 0 unspecified atom stereocenters. The van der Waals surface area contributed by atoms with E-state index in [4.69, 9.17) is 24.1 Å². The van der Waals surface area contributed by atoms with Gasteiger partial charge in [0.05, 0.1) is 6.61 Å². The first-order chi connectivity index (χ1) is 5.85. The van der Waals surface area contributed by atoms with E-state index in [1.54, 1.807) is 0 Å². The summed E-state index contributed by atoms with van der Waals surface area (Å²) < 4.78 is 5.21. The third-order valence-electron chi connectivity index (χ3n) is 1.05. The first-order valence-electron chi connectivity index (χ1n) is 3.38. The molecule has 0 spiro atoms. The number of benzene rings is 1. The Hall–Kier alpha value is 0.223. The van der Waals surface area contributed by atoms with Crippen LogP contribution in [0.5, 0.6) is 5.75 Å². The SMILES string of the molecule is CCOc1ccccc1.[Cl][Ru][Cl]. The van der Waals surface area contributed by atoms with Crippen LogP contribution in [0.4, 0.5) is 0 Å². The van der Waals surface area contributed by atoms with Crippen molar-refractivity contribution in [2.24, 2.45) is 0 Å². The van der Waals surface area contributed by atoms with Crippen molar-refractivity contribution in [3.05, 3.63) is 30.3 Å². The van der Waals surface area contributed by atoms with Gasteiger partial charge in [0, 0.05) is 0 Å². The molecule has 0 heterocycles. The molecule has 0 aliphatic carbocycles. The molecule has 0 saturated heterocycles. The standard InChI is InChI=1S/C8H10O.2ClH.Ru/c1-2-9-8-6-4-3-5-7-8;;;/h3-7H,2H2,1H3;2*1H;/q;;;+2/p-2. The second-order valence-corrected chi connectivity index (χ2v) is 4.44. The van der Waals surface area contributed by atoms with Crippen LogP contribution in [-0.4, -0.2) is 6.61 Å². The summed E-state index contributed by atoms with van der Waals surface area (Å²) in [5, 5.41) is 0. The first-order valence-corrected chi connectivity index (χ1v) is 7.85. The van der Waals surface area contributed by atoms with Gasteiger partial charge in [0.15, 0.2) is 0 Å². The molecular formula is C8H10Cl2ORu. The van der Waals surface area contributed by atoms with E-state index in [9.17, 15) is 0 Å². The van der Waals surface area contributed by atoms with Gasteiger partial charge in [-0.15, -0.1) is 0 Å². The first kappa shape index (κ1) is 12.2. The Morgan fingerprint density at radius 3 is 2.17 bits per heavy atom. The van der Waals surface area contributed by atoms with Crippen LogP contribution in [0.15, 0.2) is 30.3 Å². The Balaban J connectivity index is 0.000000354. The van der Waals surface area contributed by atoms with Gasteiger partial charge < -0.3 is 4.74 Å². The van der Waals surface area contributed by atoms with Gasteiger partial charge in [-0.2, -0.15) is 0 Å². The van der Waals surface area contributed by atoms with Crippen molar-refractivity contribution in [1.29, 1.82) is 0 Å². The van der Waals surface area contributed by atoms with Gasteiger partial charge in [0.2, 0.25) is 0 Å². The monoisotopic (exact) mass is 294 g/mol. The molecule has 0 aliphatic heterocycles. The zero-order chi connectivity index (χ0) is 9.23. The molecule has 0 N–H and O–H groups in total. The van der Waals surface area contributed by atoms with Crippen molar-refractivity contribution < 1.29 is 19.9 Å². The minimum absolute atomic E-state index is 0.346. The van der Waals surface area contributed by atoms with Gasteiger partial charge in [-0.05, 0) is 19.1 Å². The van der Waals surface area contributed by atoms with Crippen LogP contribution < -0.4 is 4.74 Å². The van der Waals surface area contributed by atoms with Crippen LogP contribution >= 0.6 is 19.4 Å². The van der Waals surface area contributed by atoms with E-state index >= 15 is 0 Å². The quantitative estimate of drug-likeness (QED) is 0.759. The van der Waals surface area contributed by atoms with Crippen molar-refractivity contribution in [2.75, 3.05) is 6.61 Å². The third-order valence-corrected chi connectivity index (χ3v) is 1.05. The van der Waals surface area contributed by atoms with Gasteiger partial charge >= 0.3 is 34.5 Å². The number of hydrogen-bond donors (Lipinski definition) is 0. The van der Waals surface area contributed by atoms with E-state index in [2.05, 4.69) is 0 Å². The summed E-state index contributed by atoms with van der Waals surface area (Å²) in [6.07, 6.45) is 0. The van der Waals surface area contributed by atoms with E-state index in [1.165, 1.54) is 0 Å². The van der Waals surface area contributed by atoms with Gasteiger partial charge in [-0.1, -0.05) is 18.2 Å². The zero-order valence-corrected chi connectivity index (χ0v) is 9.86. The van der Waals surface area contributed by atoms with E-state index in [1.807, 2.05) is 37.3 Å². The van der Waals surface area contributed by atoms with Crippen LogP contribution in [0.2, 0.25) is 0 Å². The van der Waals surface area contributed by atoms with Gasteiger partial charge in [-0.3, -0.25) is 0 Å². The molecule has 0 aromatic heterocycles. The molecule has 0 atom stereocenters. The number of para-hydroxylation sites is 1. The van der Waals surface area contributed by atoms with Crippen molar-refractivity contribution in [2.45, 2.75) is 6.92 Å². The Labute approximate surface area is 88.7 Å². The van der Waals surface area contributed by atoms with Crippen LogP contribution in [-0.2, 0) is 15.1 Å². The van der Waals surface area contributed by atoms with Crippen molar-refractivity contribution in [3.8, 4) is 5.75 Å². The van der Waals surface area contributed by atoms with E-state index in [0.717, 1.165) is 12.4 Å². The summed E-state index contributed by atoms with van der Waals surface area (Å²) in [5.74, 6) is 0.944. The predicted octanol–water partition coefficient (Wildman–Crippen LogP) is 3.46. The molecule has 4 heteroatoms. The van der Waals surface area contributed by atoms with Crippen molar-refractivity contribution in [1.82, 2.24) is 0 Å². The van der Waals surface area contributed by atoms with Crippen LogP contribution in [0.1, 0.15) is 6.92 Å². The van der Waals surface area contributed by atoms with Crippen molar-refractivity contribution >= 4 is 19.4 Å². The molecule has 1 nitrogen and oxygen atoms in total. The second-order valence-electron chi connectivity index (χ2n) is 1.80. The summed E-state index contributed by atoms with van der Waals surface area (Å²) >= 11 is -0.346. The molecule has 12 heavy (non-hydrogen) atoms. The third kappa shape index (κ3) is 6.90. The van der Waals surface area contributed by atoms with Gasteiger partial charge in [0.1, 0.15) is 5.75 Å². The Bertz CT molecular complexity index is 182. The fraction of sp³-hybridized carbons (Fsp3) is 0.250. The number of ether oxygens (including phenoxy) is 1. The number of halogens is 2. The molecule has 0 saturated carbocycles. The fourth-order valence-corrected chi connectivity index (χ4v) is 0.683. The number of rotatable bonds is 2. The second kappa shape index (κ2) is 9.31. The molecule has 1 rings (SSSR count). The molecular weight excluding hydrogens is 284 g/mol. The van der Waals surface area contributed by atoms with E-state index < -0.39 is 0 Å². The Kier molecular flexibility index (Phi) is 9.49. The predicted molar refractivity (Wildman–Crippen MR) is 49.3 cm³/mol. The average Bonchev–Trinajstić information content (AvgIpc) is 2.08. The number of hydrogen-bond acceptors (Lipinski definition) is 1. The summed E-state index contributed by atoms with van der Waals surface area (Å²) in [6.45, 7) is 2.72. The van der Waals surface area contributed by atoms with E-state index in [0.29, 0.717) is 0 Å². The average molecular weight is 294 g/mol. The van der Waals surface area contributed by atoms with Crippen LogP contribution in [0.3, 0.4) is 0 Å². The Morgan fingerprint density at radius 2 is 1.75 bits per heavy atom. The fourth-order valence-electron chi connectivity index (χ4n) is 0.683.